The molecule has 3 heterocycles. The smallest absolute Gasteiger partial charge is 0.265 e. The molecule has 2 N–H and O–H groups in total. The quantitative estimate of drug-likeness (QED) is 0.713. The lowest BCUT2D eigenvalue weighted by Crippen LogP contribution is -2.34. The van der Waals surface area contributed by atoms with Gasteiger partial charge < -0.3 is 19.9 Å². The summed E-state index contributed by atoms with van der Waals surface area (Å²) in [5.74, 6) is -0.268. The fraction of sp³-hybridized carbons (Fsp3) is 0.238. The van der Waals surface area contributed by atoms with E-state index in [-0.39, 0.29) is 16.9 Å². The van der Waals surface area contributed by atoms with E-state index in [2.05, 4.69) is 15.6 Å². The van der Waals surface area contributed by atoms with Gasteiger partial charge in [0.05, 0.1) is 11.1 Å². The zero-order valence-corrected chi connectivity index (χ0v) is 16.3. The van der Waals surface area contributed by atoms with Crippen LogP contribution in [-0.4, -0.2) is 27.5 Å². The predicted molar refractivity (Wildman–Crippen MR) is 110 cm³/mol. The van der Waals surface area contributed by atoms with Crippen molar-refractivity contribution in [2.45, 2.75) is 33.4 Å². The number of fused-ring (bicyclic) bond motifs is 2. The van der Waals surface area contributed by atoms with Crippen LogP contribution in [0.4, 0.5) is 11.4 Å². The Hall–Kier alpha value is -3.68. The van der Waals surface area contributed by atoms with E-state index in [1.165, 1.54) is 6.20 Å². The first kappa shape index (κ1) is 18.7. The highest BCUT2D eigenvalue weighted by molar-refractivity contribution is 6.06. The van der Waals surface area contributed by atoms with E-state index in [0.29, 0.717) is 34.7 Å². The van der Waals surface area contributed by atoms with E-state index in [1.807, 2.05) is 13.8 Å². The summed E-state index contributed by atoms with van der Waals surface area (Å²) in [5.41, 5.74) is 1.90. The molecular weight excluding hydrogens is 372 g/mol. The summed E-state index contributed by atoms with van der Waals surface area (Å²) in [6.07, 6.45) is 0.947. The van der Waals surface area contributed by atoms with E-state index >= 15 is 0 Å². The maximum absolute atomic E-state index is 12.9. The van der Waals surface area contributed by atoms with Crippen molar-refractivity contribution in [3.8, 4) is 5.75 Å². The highest BCUT2D eigenvalue weighted by Gasteiger charge is 2.24. The number of nitrogens with one attached hydrogen (secondary N) is 2. The Morgan fingerprint density at radius 2 is 2.07 bits per heavy atom. The summed E-state index contributed by atoms with van der Waals surface area (Å²) in [7, 11) is 0. The number of aromatic nitrogens is 2. The van der Waals surface area contributed by atoms with Gasteiger partial charge in [0, 0.05) is 24.1 Å². The molecule has 0 radical (unpaired) electrons. The van der Waals surface area contributed by atoms with Crippen molar-refractivity contribution in [2.75, 3.05) is 10.6 Å². The Labute approximate surface area is 166 Å². The molecular formula is C21H20N4O4. The molecule has 1 atom stereocenters. The fourth-order valence-corrected chi connectivity index (χ4v) is 3.25. The molecule has 0 spiro atoms. The Balaban J connectivity index is 1.69. The molecule has 4 rings (SSSR count). The third-order valence-corrected chi connectivity index (χ3v) is 4.81. The minimum Gasteiger partial charge on any atom is -0.479 e. The minimum atomic E-state index is -0.578. The second-order valence-electron chi connectivity index (χ2n) is 6.90. The van der Waals surface area contributed by atoms with Crippen molar-refractivity contribution < 1.29 is 14.3 Å². The molecule has 1 aromatic carbocycles. The molecule has 0 bridgehead atoms. The lowest BCUT2D eigenvalue weighted by molar-refractivity contribution is -0.122. The number of hydrogen-bond acceptors (Lipinski definition) is 5. The van der Waals surface area contributed by atoms with E-state index in [9.17, 15) is 14.4 Å². The van der Waals surface area contributed by atoms with Crippen molar-refractivity contribution in [3.05, 3.63) is 58.0 Å². The standard InChI is InChI=1S/C21H20N4O4/c1-4-25-10-15(18(26)14-7-5-11(2)22-19(14)25)21(28)23-13-6-8-17-16(9-13)24-20(27)12(3)29-17/h5-10,12H,4H2,1-3H3,(H,23,28)(H,24,27)/t12-/m1/s1. The molecule has 2 amide bonds. The first-order valence-corrected chi connectivity index (χ1v) is 9.31. The van der Waals surface area contributed by atoms with Gasteiger partial charge >= 0.3 is 0 Å². The maximum atomic E-state index is 12.9. The van der Waals surface area contributed by atoms with Gasteiger partial charge in [0.2, 0.25) is 5.43 Å². The van der Waals surface area contributed by atoms with Gasteiger partial charge in [-0.15, -0.1) is 0 Å². The molecule has 1 aliphatic heterocycles. The largest absolute Gasteiger partial charge is 0.479 e. The van der Waals surface area contributed by atoms with Gasteiger partial charge in [-0.1, -0.05) is 0 Å². The number of amides is 2. The van der Waals surface area contributed by atoms with Crippen LogP contribution < -0.4 is 20.8 Å². The summed E-state index contributed by atoms with van der Waals surface area (Å²) in [6, 6.07) is 8.36. The zero-order chi connectivity index (χ0) is 20.7. The number of hydrogen-bond donors (Lipinski definition) is 2. The predicted octanol–water partition coefficient (Wildman–Crippen LogP) is 2.70. The van der Waals surface area contributed by atoms with Gasteiger partial charge in [-0.25, -0.2) is 4.98 Å². The average molecular weight is 392 g/mol. The number of rotatable bonds is 3. The number of carbonyl (C=O) groups is 2. The first-order chi connectivity index (χ1) is 13.9. The second-order valence-corrected chi connectivity index (χ2v) is 6.90. The van der Waals surface area contributed by atoms with Gasteiger partial charge in [0.1, 0.15) is 17.0 Å². The van der Waals surface area contributed by atoms with Crippen molar-refractivity contribution >= 4 is 34.2 Å². The van der Waals surface area contributed by atoms with Gasteiger partial charge in [-0.05, 0) is 51.1 Å². The Morgan fingerprint density at radius 3 is 2.83 bits per heavy atom. The molecule has 1 aliphatic rings. The van der Waals surface area contributed by atoms with Crippen LogP contribution in [0.15, 0.2) is 41.3 Å². The van der Waals surface area contributed by atoms with Crippen molar-refractivity contribution in [1.29, 1.82) is 0 Å². The Bertz CT molecular complexity index is 1220. The molecule has 148 valence electrons. The van der Waals surface area contributed by atoms with Crippen LogP contribution in [0.2, 0.25) is 0 Å². The number of aryl methyl sites for hydroxylation is 2. The van der Waals surface area contributed by atoms with Crippen LogP contribution in [0.25, 0.3) is 11.0 Å². The third kappa shape index (κ3) is 3.33. The molecule has 2 aromatic heterocycles. The van der Waals surface area contributed by atoms with Crippen LogP contribution in [0.1, 0.15) is 29.9 Å². The number of carbonyl (C=O) groups excluding carboxylic acids is 2. The molecule has 0 fully saturated rings. The van der Waals surface area contributed by atoms with Gasteiger partial charge in [-0.2, -0.15) is 0 Å². The molecule has 0 aliphatic carbocycles. The van der Waals surface area contributed by atoms with Crippen molar-refractivity contribution in [1.82, 2.24) is 9.55 Å². The van der Waals surface area contributed by atoms with Crippen molar-refractivity contribution in [3.63, 3.8) is 0 Å². The van der Waals surface area contributed by atoms with Crippen LogP contribution >= 0.6 is 0 Å². The van der Waals surface area contributed by atoms with Crippen LogP contribution in [0.3, 0.4) is 0 Å². The topological polar surface area (TPSA) is 102 Å². The van der Waals surface area contributed by atoms with Gasteiger partial charge in [0.15, 0.2) is 6.10 Å². The van der Waals surface area contributed by atoms with E-state index in [1.54, 1.807) is 41.8 Å². The SMILES string of the molecule is CCn1cc(C(=O)Nc2ccc3c(c2)NC(=O)[C@@H](C)O3)c(=O)c2ccc(C)nc21. The van der Waals surface area contributed by atoms with Crippen LogP contribution in [0, 0.1) is 6.92 Å². The molecule has 29 heavy (non-hydrogen) atoms. The number of benzene rings is 1. The molecule has 0 saturated carbocycles. The maximum Gasteiger partial charge on any atom is 0.265 e. The lowest BCUT2D eigenvalue weighted by Gasteiger charge is -2.23. The van der Waals surface area contributed by atoms with Crippen molar-refractivity contribution in [2.24, 2.45) is 0 Å². The summed E-state index contributed by atoms with van der Waals surface area (Å²) in [6.45, 7) is 5.99. The third-order valence-electron chi connectivity index (χ3n) is 4.81. The van der Waals surface area contributed by atoms with Gasteiger partial charge in [-0.3, -0.25) is 14.4 Å². The lowest BCUT2D eigenvalue weighted by atomic mass is 10.1. The monoisotopic (exact) mass is 392 g/mol. The molecule has 0 saturated heterocycles. The molecule has 8 nitrogen and oxygen atoms in total. The minimum absolute atomic E-state index is 0.0247. The second kappa shape index (κ2) is 7.05. The van der Waals surface area contributed by atoms with E-state index in [0.717, 1.165) is 5.69 Å². The molecule has 3 aromatic rings. The van der Waals surface area contributed by atoms with Gasteiger partial charge in [0.25, 0.3) is 11.8 Å². The highest BCUT2D eigenvalue weighted by Crippen LogP contribution is 2.32. The summed E-state index contributed by atoms with van der Waals surface area (Å²) < 4.78 is 7.29. The normalized spacial score (nSPS) is 15.4. The summed E-state index contributed by atoms with van der Waals surface area (Å²) in [5, 5.41) is 5.85. The average Bonchev–Trinajstić information content (AvgIpc) is 2.69. The van der Waals surface area contributed by atoms with E-state index < -0.39 is 12.0 Å². The number of pyridine rings is 2. The Morgan fingerprint density at radius 1 is 1.28 bits per heavy atom. The summed E-state index contributed by atoms with van der Waals surface area (Å²) in [4.78, 5) is 41.9. The number of anilines is 2. The summed E-state index contributed by atoms with van der Waals surface area (Å²) >= 11 is 0. The van der Waals surface area contributed by atoms with E-state index in [4.69, 9.17) is 4.74 Å². The fourth-order valence-electron chi connectivity index (χ4n) is 3.25. The molecule has 8 heteroatoms. The Kier molecular flexibility index (Phi) is 4.54. The highest BCUT2D eigenvalue weighted by atomic mass is 16.5. The van der Waals surface area contributed by atoms with Crippen LogP contribution in [-0.2, 0) is 11.3 Å². The first-order valence-electron chi connectivity index (χ1n) is 9.31. The molecule has 0 unspecified atom stereocenters. The number of ether oxygens (including phenoxy) is 1. The number of nitrogens with zero attached hydrogens (tertiary/aromatic N) is 2. The zero-order valence-electron chi connectivity index (χ0n) is 16.3. The van der Waals surface area contributed by atoms with Crippen LogP contribution in [0.5, 0.6) is 5.75 Å².